The van der Waals surface area contributed by atoms with Crippen LogP contribution >= 0.6 is 12.6 Å². The first-order valence-electron chi connectivity index (χ1n) is 2.51. The van der Waals surface area contributed by atoms with Crippen LogP contribution in [0.1, 0.15) is 19.3 Å². The van der Waals surface area contributed by atoms with Crippen molar-refractivity contribution >= 4 is 12.6 Å². The van der Waals surface area contributed by atoms with Crippen molar-refractivity contribution in [1.29, 1.82) is 0 Å². The Morgan fingerprint density at radius 1 is 1.33 bits per heavy atom. The first-order valence-corrected chi connectivity index (χ1v) is 2.96. The maximum Gasteiger partial charge on any atom is 0.0138 e. The molecule has 0 amide bonds. The summed E-state index contributed by atoms with van der Waals surface area (Å²) in [4.78, 5) is 0. The Morgan fingerprint density at radius 2 is 1.67 bits per heavy atom. The molecule has 3 saturated carbocycles. The molecule has 0 spiro atoms. The fourth-order valence-corrected chi connectivity index (χ4v) is 2.21. The van der Waals surface area contributed by atoms with Crippen LogP contribution < -0.4 is 0 Å². The molecule has 0 saturated heterocycles. The van der Waals surface area contributed by atoms with Crippen molar-refractivity contribution in [2.24, 2.45) is 5.92 Å². The Hall–Kier alpha value is 0.350. The van der Waals surface area contributed by atoms with Crippen LogP contribution in [-0.4, -0.2) is 4.75 Å². The van der Waals surface area contributed by atoms with E-state index in [1.165, 1.54) is 19.3 Å². The number of hydrogen-bond donors (Lipinski definition) is 1. The van der Waals surface area contributed by atoms with Crippen molar-refractivity contribution < 1.29 is 0 Å². The third-order valence-corrected chi connectivity index (χ3v) is 2.55. The van der Waals surface area contributed by atoms with Gasteiger partial charge in [0.15, 0.2) is 0 Å². The van der Waals surface area contributed by atoms with Crippen LogP contribution in [0.25, 0.3) is 0 Å². The van der Waals surface area contributed by atoms with E-state index in [2.05, 4.69) is 12.6 Å². The van der Waals surface area contributed by atoms with Crippen LogP contribution in [0.15, 0.2) is 0 Å². The van der Waals surface area contributed by atoms with Gasteiger partial charge in [0.2, 0.25) is 0 Å². The highest BCUT2D eigenvalue weighted by molar-refractivity contribution is 7.82. The molecule has 3 aliphatic rings. The van der Waals surface area contributed by atoms with Gasteiger partial charge in [-0.25, -0.2) is 0 Å². The fourth-order valence-electron chi connectivity index (χ4n) is 1.43. The zero-order valence-corrected chi connectivity index (χ0v) is 4.54. The third kappa shape index (κ3) is 0.207. The third-order valence-electron chi connectivity index (χ3n) is 2.01. The molecule has 1 heteroatoms. The predicted octanol–water partition coefficient (Wildman–Crippen LogP) is 1.47. The van der Waals surface area contributed by atoms with Gasteiger partial charge in [0.05, 0.1) is 0 Å². The molecule has 2 bridgehead atoms. The van der Waals surface area contributed by atoms with E-state index < -0.39 is 0 Å². The topological polar surface area (TPSA) is 0 Å². The van der Waals surface area contributed by atoms with E-state index in [-0.39, 0.29) is 0 Å². The smallest absolute Gasteiger partial charge is 0.0138 e. The van der Waals surface area contributed by atoms with E-state index in [0.29, 0.717) is 4.75 Å². The Bertz CT molecular complexity index is 70.9. The van der Waals surface area contributed by atoms with Gasteiger partial charge in [-0.1, -0.05) is 0 Å². The molecule has 0 aliphatic heterocycles. The van der Waals surface area contributed by atoms with E-state index in [9.17, 15) is 0 Å². The number of hydrogen-bond acceptors (Lipinski definition) is 1. The van der Waals surface area contributed by atoms with Crippen molar-refractivity contribution in [3.63, 3.8) is 0 Å². The monoisotopic (exact) mass is 100 g/mol. The van der Waals surface area contributed by atoms with Crippen LogP contribution in [0.3, 0.4) is 0 Å². The minimum atomic E-state index is 0.560. The predicted molar refractivity (Wildman–Crippen MR) is 29.1 cm³/mol. The molecule has 3 rings (SSSR count). The summed E-state index contributed by atoms with van der Waals surface area (Å²) < 4.78 is 0.560. The van der Waals surface area contributed by atoms with E-state index >= 15 is 0 Å². The molecule has 0 aromatic rings. The molecule has 0 unspecified atom stereocenters. The van der Waals surface area contributed by atoms with Gasteiger partial charge in [-0.2, -0.15) is 12.6 Å². The summed E-state index contributed by atoms with van der Waals surface area (Å²) in [6, 6.07) is 0. The lowest BCUT2D eigenvalue weighted by atomic mass is 9.55. The molecule has 0 heterocycles. The quantitative estimate of drug-likeness (QED) is 0.438. The standard InChI is InChI=1S/C5H8S/c6-5-1-4(2-5)3-5/h4,6H,1-3H2. The molecule has 0 nitrogen and oxygen atoms in total. The lowest BCUT2D eigenvalue weighted by Gasteiger charge is -2.58. The Labute approximate surface area is 43.3 Å². The molecular weight excluding hydrogens is 92.1 g/mol. The van der Waals surface area contributed by atoms with Crippen molar-refractivity contribution in [3.8, 4) is 0 Å². The van der Waals surface area contributed by atoms with E-state index in [4.69, 9.17) is 0 Å². The molecule has 0 atom stereocenters. The zero-order chi connectivity index (χ0) is 4.20. The van der Waals surface area contributed by atoms with Gasteiger partial charge in [-0.15, -0.1) is 0 Å². The second kappa shape index (κ2) is 0.664. The second-order valence-corrected chi connectivity index (χ2v) is 3.65. The van der Waals surface area contributed by atoms with Crippen molar-refractivity contribution in [2.75, 3.05) is 0 Å². The molecule has 0 aromatic carbocycles. The lowest BCUT2D eigenvalue weighted by molar-refractivity contribution is 0.0600. The van der Waals surface area contributed by atoms with Crippen LogP contribution in [-0.2, 0) is 0 Å². The van der Waals surface area contributed by atoms with Crippen molar-refractivity contribution in [3.05, 3.63) is 0 Å². The summed E-state index contributed by atoms with van der Waals surface area (Å²) in [6.45, 7) is 0. The molecule has 6 heavy (non-hydrogen) atoms. The largest absolute Gasteiger partial charge is 0.172 e. The van der Waals surface area contributed by atoms with Crippen molar-refractivity contribution in [1.82, 2.24) is 0 Å². The fraction of sp³-hybridized carbons (Fsp3) is 1.00. The normalized spacial score (nSPS) is 62.5. The van der Waals surface area contributed by atoms with Crippen molar-refractivity contribution in [2.45, 2.75) is 24.0 Å². The van der Waals surface area contributed by atoms with Gasteiger partial charge in [-0.05, 0) is 25.2 Å². The SMILES string of the molecule is SC12CC(C1)C2. The minimum absolute atomic E-state index is 0.560. The second-order valence-electron chi connectivity index (χ2n) is 2.70. The highest BCUT2D eigenvalue weighted by Crippen LogP contribution is 2.61. The maximum absolute atomic E-state index is 4.41. The summed E-state index contributed by atoms with van der Waals surface area (Å²) in [5.41, 5.74) is 0. The maximum atomic E-state index is 4.41. The number of thiol groups is 1. The lowest BCUT2D eigenvalue weighted by Crippen LogP contribution is -2.53. The first-order chi connectivity index (χ1) is 2.79. The van der Waals surface area contributed by atoms with Gasteiger partial charge >= 0.3 is 0 Å². The zero-order valence-electron chi connectivity index (χ0n) is 3.65. The molecule has 0 N–H and O–H groups in total. The average molecular weight is 100 g/mol. The van der Waals surface area contributed by atoms with Crippen LogP contribution in [0.5, 0.6) is 0 Å². The van der Waals surface area contributed by atoms with Gasteiger partial charge in [0.25, 0.3) is 0 Å². The summed E-state index contributed by atoms with van der Waals surface area (Å²) >= 11 is 4.41. The van der Waals surface area contributed by atoms with E-state index in [0.717, 1.165) is 5.92 Å². The summed E-state index contributed by atoms with van der Waals surface area (Å²) in [6.07, 6.45) is 4.24. The first kappa shape index (κ1) is 3.36. The molecule has 3 fully saturated rings. The van der Waals surface area contributed by atoms with Gasteiger partial charge < -0.3 is 0 Å². The van der Waals surface area contributed by atoms with Crippen LogP contribution in [0.2, 0.25) is 0 Å². The molecule has 0 aromatic heterocycles. The summed E-state index contributed by atoms with van der Waals surface area (Å²) in [5, 5.41) is 0. The Kier molecular flexibility index (Phi) is 0.372. The Morgan fingerprint density at radius 3 is 1.67 bits per heavy atom. The minimum Gasteiger partial charge on any atom is -0.172 e. The highest BCUT2D eigenvalue weighted by atomic mass is 32.1. The van der Waals surface area contributed by atoms with E-state index in [1.54, 1.807) is 0 Å². The van der Waals surface area contributed by atoms with Gasteiger partial charge in [0.1, 0.15) is 0 Å². The molecule has 3 aliphatic carbocycles. The van der Waals surface area contributed by atoms with Gasteiger partial charge in [-0.3, -0.25) is 0 Å². The average Bonchev–Trinajstić information content (AvgIpc) is 1.24. The summed E-state index contributed by atoms with van der Waals surface area (Å²) in [5.74, 6) is 1.10. The summed E-state index contributed by atoms with van der Waals surface area (Å²) in [7, 11) is 0. The van der Waals surface area contributed by atoms with E-state index in [1.807, 2.05) is 0 Å². The molecule has 34 valence electrons. The number of rotatable bonds is 0. The van der Waals surface area contributed by atoms with Crippen LogP contribution in [0.4, 0.5) is 0 Å². The molecule has 0 radical (unpaired) electrons. The van der Waals surface area contributed by atoms with Gasteiger partial charge in [0, 0.05) is 4.75 Å². The van der Waals surface area contributed by atoms with Crippen LogP contribution in [0, 0.1) is 5.92 Å². The molecular formula is C5H8S. The Balaban J connectivity index is 2.19. The highest BCUT2D eigenvalue weighted by Gasteiger charge is 2.53.